The van der Waals surface area contributed by atoms with Crippen LogP contribution in [0.1, 0.15) is 47.2 Å². The van der Waals surface area contributed by atoms with Gasteiger partial charge in [0.2, 0.25) is 0 Å². The van der Waals surface area contributed by atoms with E-state index in [0.29, 0.717) is 22.9 Å². The van der Waals surface area contributed by atoms with E-state index in [2.05, 4.69) is 4.98 Å². The number of nitrogens with zero attached hydrogens (tertiary/aromatic N) is 1. The minimum atomic E-state index is -4.38. The Hall–Kier alpha value is -2.91. The summed E-state index contributed by atoms with van der Waals surface area (Å²) in [6, 6.07) is 10.4. The molecule has 2 aromatic carbocycles. The summed E-state index contributed by atoms with van der Waals surface area (Å²) in [7, 11) is 0. The summed E-state index contributed by atoms with van der Waals surface area (Å²) >= 11 is 1.38. The minimum absolute atomic E-state index is 0.259. The predicted molar refractivity (Wildman–Crippen MR) is 124 cm³/mol. The average molecular weight is 494 g/mol. The van der Waals surface area contributed by atoms with Gasteiger partial charge in [0.05, 0.1) is 16.1 Å². The van der Waals surface area contributed by atoms with Crippen molar-refractivity contribution < 1.29 is 32.5 Å². The summed E-state index contributed by atoms with van der Waals surface area (Å²) in [5.41, 5.74) is 2.42. The fraction of sp³-hybridized carbons (Fsp3) is 0.360. The molecule has 0 amide bonds. The van der Waals surface area contributed by atoms with Gasteiger partial charge in [0, 0.05) is 18.6 Å². The Morgan fingerprint density at radius 3 is 2.38 bits per heavy atom. The second-order valence-corrected chi connectivity index (χ2v) is 8.91. The van der Waals surface area contributed by atoms with E-state index < -0.39 is 23.8 Å². The monoisotopic (exact) mass is 493 g/mol. The molecule has 0 saturated carbocycles. The lowest BCUT2D eigenvalue weighted by Gasteiger charge is -2.17. The number of carboxylic acid groups (broad SMARTS) is 1. The van der Waals surface area contributed by atoms with E-state index in [1.165, 1.54) is 23.5 Å². The van der Waals surface area contributed by atoms with Crippen LogP contribution in [0, 0.1) is 13.8 Å². The molecule has 2 atom stereocenters. The number of rotatable bonds is 9. The van der Waals surface area contributed by atoms with E-state index in [4.69, 9.17) is 9.47 Å². The maximum atomic E-state index is 12.8. The Morgan fingerprint density at radius 2 is 1.82 bits per heavy atom. The van der Waals surface area contributed by atoms with Crippen LogP contribution in [-0.2, 0) is 22.1 Å². The molecule has 182 valence electrons. The third kappa shape index (κ3) is 6.15. The van der Waals surface area contributed by atoms with Crippen LogP contribution < -0.4 is 4.74 Å². The molecular formula is C25H26F3NO4S. The number of hydrogen-bond acceptors (Lipinski definition) is 5. The normalized spacial score (nSPS) is 13.5. The molecule has 34 heavy (non-hydrogen) atoms. The smallest absolute Gasteiger partial charge is 0.416 e. The fourth-order valence-corrected chi connectivity index (χ4v) is 4.61. The molecule has 5 nitrogen and oxygen atoms in total. The highest BCUT2D eigenvalue weighted by atomic mass is 32.1. The number of carbonyl (C=O) groups is 1. The van der Waals surface area contributed by atoms with Gasteiger partial charge >= 0.3 is 12.1 Å². The molecule has 0 spiro atoms. The van der Waals surface area contributed by atoms with Crippen LogP contribution in [-0.4, -0.2) is 28.8 Å². The summed E-state index contributed by atoms with van der Waals surface area (Å²) in [5, 5.41) is 9.94. The van der Waals surface area contributed by atoms with E-state index in [0.717, 1.165) is 33.8 Å². The second kappa shape index (κ2) is 10.6. The number of aromatic nitrogens is 1. The number of benzene rings is 2. The molecule has 1 aromatic heterocycles. The molecule has 0 aliphatic rings. The molecule has 1 heterocycles. The van der Waals surface area contributed by atoms with Crippen molar-refractivity contribution in [2.24, 2.45) is 0 Å². The Labute approximate surface area is 200 Å². The van der Waals surface area contributed by atoms with Gasteiger partial charge in [0.15, 0.2) is 6.10 Å². The molecule has 0 radical (unpaired) electrons. The molecule has 0 fully saturated rings. The number of ether oxygens (including phenoxy) is 2. The molecule has 9 heteroatoms. The lowest BCUT2D eigenvalue weighted by molar-refractivity contribution is -0.150. The van der Waals surface area contributed by atoms with E-state index in [1.807, 2.05) is 32.9 Å². The molecule has 1 N–H and O–H groups in total. The van der Waals surface area contributed by atoms with Crippen LogP contribution in [0.4, 0.5) is 13.2 Å². The zero-order valence-electron chi connectivity index (χ0n) is 19.3. The fourth-order valence-electron chi connectivity index (χ4n) is 3.56. The molecular weight excluding hydrogens is 467 g/mol. The Bertz CT molecular complexity index is 1140. The molecule has 0 bridgehead atoms. The summed E-state index contributed by atoms with van der Waals surface area (Å²) in [5.74, 6) is -0.374. The minimum Gasteiger partial charge on any atom is -0.485 e. The van der Waals surface area contributed by atoms with Crippen molar-refractivity contribution in [2.45, 2.75) is 52.5 Å². The van der Waals surface area contributed by atoms with Crippen LogP contribution in [0.2, 0.25) is 0 Å². The summed E-state index contributed by atoms with van der Waals surface area (Å²) in [6.45, 7) is 7.69. The Morgan fingerprint density at radius 1 is 1.15 bits per heavy atom. The van der Waals surface area contributed by atoms with Crippen molar-refractivity contribution in [1.29, 1.82) is 0 Å². The van der Waals surface area contributed by atoms with Gasteiger partial charge in [-0.25, -0.2) is 9.78 Å². The number of halogens is 3. The molecule has 0 aliphatic carbocycles. The first-order valence-electron chi connectivity index (χ1n) is 10.7. The summed E-state index contributed by atoms with van der Waals surface area (Å²) in [6.07, 6.45) is -5.36. The van der Waals surface area contributed by atoms with Crippen molar-refractivity contribution in [3.8, 4) is 16.3 Å². The van der Waals surface area contributed by atoms with Crippen LogP contribution in [0.5, 0.6) is 5.75 Å². The SMILES string of the molecule is CCOC(Cc1ccc(OC(C)c2sc(-c3ccc(C(F)(F)F)cc3)nc2C)cc1C)C(=O)O. The van der Waals surface area contributed by atoms with Gasteiger partial charge < -0.3 is 14.6 Å². The highest BCUT2D eigenvalue weighted by Crippen LogP contribution is 2.36. The second-order valence-electron chi connectivity index (χ2n) is 7.88. The quantitative estimate of drug-likeness (QED) is 0.363. The van der Waals surface area contributed by atoms with Crippen molar-refractivity contribution in [1.82, 2.24) is 4.98 Å². The number of alkyl halides is 3. The highest BCUT2D eigenvalue weighted by Gasteiger charge is 2.30. The Balaban J connectivity index is 1.73. The van der Waals surface area contributed by atoms with Crippen LogP contribution >= 0.6 is 11.3 Å². The molecule has 0 aliphatic heterocycles. The van der Waals surface area contributed by atoms with Crippen molar-refractivity contribution in [2.75, 3.05) is 6.61 Å². The van der Waals surface area contributed by atoms with Crippen LogP contribution in [0.25, 0.3) is 10.6 Å². The average Bonchev–Trinajstić information content (AvgIpc) is 3.16. The number of carboxylic acids is 1. The zero-order valence-corrected chi connectivity index (χ0v) is 20.1. The predicted octanol–water partition coefficient (Wildman–Crippen LogP) is 6.62. The largest absolute Gasteiger partial charge is 0.485 e. The first-order valence-corrected chi connectivity index (χ1v) is 11.6. The maximum Gasteiger partial charge on any atom is 0.416 e. The van der Waals surface area contributed by atoms with Gasteiger partial charge in [-0.15, -0.1) is 11.3 Å². The molecule has 0 saturated heterocycles. The maximum absolute atomic E-state index is 12.8. The Kier molecular flexibility index (Phi) is 7.99. The van der Waals surface area contributed by atoms with E-state index in [-0.39, 0.29) is 12.5 Å². The number of hydrogen-bond donors (Lipinski definition) is 1. The van der Waals surface area contributed by atoms with Gasteiger partial charge in [0.1, 0.15) is 16.9 Å². The molecule has 3 rings (SSSR count). The van der Waals surface area contributed by atoms with Gasteiger partial charge in [0.25, 0.3) is 0 Å². The molecule has 3 aromatic rings. The van der Waals surface area contributed by atoms with Gasteiger partial charge in [-0.1, -0.05) is 18.2 Å². The third-order valence-corrected chi connectivity index (χ3v) is 6.70. The van der Waals surface area contributed by atoms with E-state index in [1.54, 1.807) is 13.0 Å². The lowest BCUT2D eigenvalue weighted by Crippen LogP contribution is -2.26. The van der Waals surface area contributed by atoms with Crippen molar-refractivity contribution in [3.63, 3.8) is 0 Å². The summed E-state index contributed by atoms with van der Waals surface area (Å²) in [4.78, 5) is 16.8. The van der Waals surface area contributed by atoms with Crippen molar-refractivity contribution >= 4 is 17.3 Å². The first-order chi connectivity index (χ1) is 16.0. The number of aliphatic carboxylic acids is 1. The van der Waals surface area contributed by atoms with Gasteiger partial charge in [-0.3, -0.25) is 0 Å². The van der Waals surface area contributed by atoms with Gasteiger partial charge in [-0.2, -0.15) is 13.2 Å². The molecule has 2 unspecified atom stereocenters. The first kappa shape index (κ1) is 25.7. The lowest BCUT2D eigenvalue weighted by atomic mass is 10.0. The summed E-state index contributed by atoms with van der Waals surface area (Å²) < 4.78 is 49.9. The van der Waals surface area contributed by atoms with Crippen LogP contribution in [0.15, 0.2) is 42.5 Å². The standard InChI is InChI=1S/C25H26F3NO4S/c1-5-32-21(24(30)31)13-18-8-11-20(12-14(18)2)33-16(4)22-15(3)29-23(34-22)17-6-9-19(10-7-17)25(26,27)28/h6-12,16,21H,5,13H2,1-4H3,(H,30,31). The third-order valence-electron chi connectivity index (χ3n) is 5.34. The van der Waals surface area contributed by atoms with Crippen LogP contribution in [0.3, 0.4) is 0 Å². The highest BCUT2D eigenvalue weighted by molar-refractivity contribution is 7.15. The number of aryl methyl sites for hydroxylation is 2. The van der Waals surface area contributed by atoms with Crippen molar-refractivity contribution in [3.05, 3.63) is 69.7 Å². The zero-order chi connectivity index (χ0) is 25.0. The van der Waals surface area contributed by atoms with Gasteiger partial charge in [-0.05, 0) is 63.1 Å². The number of thiazole rings is 1. The topological polar surface area (TPSA) is 68.7 Å². The van der Waals surface area contributed by atoms with E-state index in [9.17, 15) is 23.1 Å². The van der Waals surface area contributed by atoms with E-state index >= 15 is 0 Å².